The second kappa shape index (κ2) is 5.92. The molecule has 0 saturated heterocycles. The Labute approximate surface area is 115 Å². The zero-order chi connectivity index (χ0) is 13.8. The highest BCUT2D eigenvalue weighted by molar-refractivity contribution is 7.99. The standard InChI is InChI=1S/C12H16N4O2S/c1-8(2)13-10(17)7-19-12-15-14-11(16(12)3)9-5-4-6-18-9/h4-6,8H,7H2,1-3H3,(H,13,17). The molecule has 0 radical (unpaired) electrons. The minimum absolute atomic E-state index is 0.0115. The number of amides is 1. The summed E-state index contributed by atoms with van der Waals surface area (Å²) in [7, 11) is 1.85. The average molecular weight is 280 g/mol. The lowest BCUT2D eigenvalue weighted by Gasteiger charge is -2.07. The summed E-state index contributed by atoms with van der Waals surface area (Å²) in [6, 6.07) is 3.77. The first-order valence-corrected chi connectivity index (χ1v) is 6.92. The molecule has 0 fully saturated rings. The molecule has 0 saturated carbocycles. The predicted molar refractivity (Wildman–Crippen MR) is 72.7 cm³/mol. The highest BCUT2D eigenvalue weighted by atomic mass is 32.2. The molecular formula is C12H16N4O2S. The first-order valence-electron chi connectivity index (χ1n) is 5.93. The topological polar surface area (TPSA) is 73.0 Å². The molecule has 0 atom stereocenters. The molecule has 19 heavy (non-hydrogen) atoms. The number of carbonyl (C=O) groups excluding carboxylic acids is 1. The molecule has 0 bridgehead atoms. The fourth-order valence-electron chi connectivity index (χ4n) is 1.55. The van der Waals surface area contributed by atoms with E-state index in [1.165, 1.54) is 11.8 Å². The maximum Gasteiger partial charge on any atom is 0.230 e. The zero-order valence-electron chi connectivity index (χ0n) is 11.1. The Bertz CT molecular complexity index is 548. The Morgan fingerprint density at radius 1 is 1.53 bits per heavy atom. The molecule has 6 nitrogen and oxygen atoms in total. The van der Waals surface area contributed by atoms with Crippen molar-refractivity contribution in [2.24, 2.45) is 7.05 Å². The number of aromatic nitrogens is 3. The molecule has 0 unspecified atom stereocenters. The monoisotopic (exact) mass is 280 g/mol. The summed E-state index contributed by atoms with van der Waals surface area (Å²) < 4.78 is 7.09. The molecule has 0 spiro atoms. The molecule has 2 aromatic rings. The van der Waals surface area contributed by atoms with Gasteiger partial charge < -0.3 is 14.3 Å². The molecule has 0 aliphatic heterocycles. The smallest absolute Gasteiger partial charge is 0.230 e. The van der Waals surface area contributed by atoms with Crippen molar-refractivity contribution in [3.63, 3.8) is 0 Å². The molecule has 2 aromatic heterocycles. The first-order chi connectivity index (χ1) is 9.08. The van der Waals surface area contributed by atoms with Crippen LogP contribution in [-0.2, 0) is 11.8 Å². The van der Waals surface area contributed by atoms with E-state index in [4.69, 9.17) is 4.42 Å². The predicted octanol–water partition coefficient (Wildman–Crippen LogP) is 1.69. The summed E-state index contributed by atoms with van der Waals surface area (Å²) in [6.45, 7) is 3.86. The molecular weight excluding hydrogens is 264 g/mol. The first kappa shape index (κ1) is 13.7. The Morgan fingerprint density at radius 2 is 2.32 bits per heavy atom. The summed E-state index contributed by atoms with van der Waals surface area (Å²) in [5, 5.41) is 11.6. The van der Waals surface area contributed by atoms with Gasteiger partial charge in [-0.2, -0.15) is 0 Å². The Kier molecular flexibility index (Phi) is 4.26. The maximum absolute atomic E-state index is 11.6. The van der Waals surface area contributed by atoms with Gasteiger partial charge in [-0.3, -0.25) is 4.79 Å². The van der Waals surface area contributed by atoms with E-state index < -0.39 is 0 Å². The number of hydrogen-bond donors (Lipinski definition) is 1. The Morgan fingerprint density at radius 3 is 2.95 bits per heavy atom. The van der Waals surface area contributed by atoms with Crippen molar-refractivity contribution in [3.8, 4) is 11.6 Å². The van der Waals surface area contributed by atoms with Crippen LogP contribution in [0.4, 0.5) is 0 Å². The van der Waals surface area contributed by atoms with E-state index in [9.17, 15) is 4.79 Å². The lowest BCUT2D eigenvalue weighted by atomic mass is 10.4. The summed E-state index contributed by atoms with van der Waals surface area (Å²) >= 11 is 1.35. The second-order valence-electron chi connectivity index (χ2n) is 4.35. The molecule has 1 N–H and O–H groups in total. The van der Waals surface area contributed by atoms with Crippen LogP contribution in [0.5, 0.6) is 0 Å². The molecule has 0 aromatic carbocycles. The Hall–Kier alpha value is -1.76. The van der Waals surface area contributed by atoms with Crippen molar-refractivity contribution in [2.45, 2.75) is 25.0 Å². The van der Waals surface area contributed by atoms with E-state index in [-0.39, 0.29) is 11.9 Å². The fourth-order valence-corrected chi connectivity index (χ4v) is 2.28. The van der Waals surface area contributed by atoms with Crippen LogP contribution in [0.3, 0.4) is 0 Å². The van der Waals surface area contributed by atoms with Gasteiger partial charge in [0.25, 0.3) is 0 Å². The highest BCUT2D eigenvalue weighted by Crippen LogP contribution is 2.22. The zero-order valence-corrected chi connectivity index (χ0v) is 11.9. The van der Waals surface area contributed by atoms with Crippen LogP contribution in [0.25, 0.3) is 11.6 Å². The van der Waals surface area contributed by atoms with Crippen molar-refractivity contribution in [3.05, 3.63) is 18.4 Å². The fraction of sp³-hybridized carbons (Fsp3) is 0.417. The van der Waals surface area contributed by atoms with Gasteiger partial charge in [-0.05, 0) is 26.0 Å². The third-order valence-corrected chi connectivity index (χ3v) is 3.38. The number of hydrogen-bond acceptors (Lipinski definition) is 5. The second-order valence-corrected chi connectivity index (χ2v) is 5.30. The van der Waals surface area contributed by atoms with Crippen LogP contribution in [0.2, 0.25) is 0 Å². The van der Waals surface area contributed by atoms with Crippen LogP contribution < -0.4 is 5.32 Å². The van der Waals surface area contributed by atoms with Crippen molar-refractivity contribution in [1.29, 1.82) is 0 Å². The molecule has 1 amide bonds. The summed E-state index contributed by atoms with van der Waals surface area (Å²) in [6.07, 6.45) is 1.59. The number of nitrogens with zero attached hydrogens (tertiary/aromatic N) is 3. The van der Waals surface area contributed by atoms with Gasteiger partial charge in [0.15, 0.2) is 16.7 Å². The van der Waals surface area contributed by atoms with E-state index in [0.717, 1.165) is 0 Å². The number of carbonyl (C=O) groups is 1. The lowest BCUT2D eigenvalue weighted by molar-refractivity contribution is -0.119. The third kappa shape index (κ3) is 3.37. The minimum atomic E-state index is -0.0115. The van der Waals surface area contributed by atoms with Crippen LogP contribution >= 0.6 is 11.8 Å². The largest absolute Gasteiger partial charge is 0.461 e. The average Bonchev–Trinajstić information content (AvgIpc) is 2.95. The summed E-state index contributed by atoms with van der Waals surface area (Å²) in [4.78, 5) is 11.6. The van der Waals surface area contributed by atoms with E-state index in [1.807, 2.05) is 31.5 Å². The van der Waals surface area contributed by atoms with E-state index >= 15 is 0 Å². The van der Waals surface area contributed by atoms with Gasteiger partial charge in [0, 0.05) is 13.1 Å². The van der Waals surface area contributed by atoms with Gasteiger partial charge in [-0.25, -0.2) is 0 Å². The summed E-state index contributed by atoms with van der Waals surface area (Å²) in [5.74, 6) is 1.62. The minimum Gasteiger partial charge on any atom is -0.461 e. The number of thioether (sulfide) groups is 1. The number of nitrogens with one attached hydrogen (secondary N) is 1. The highest BCUT2D eigenvalue weighted by Gasteiger charge is 2.14. The normalized spacial score (nSPS) is 10.9. The quantitative estimate of drug-likeness (QED) is 0.844. The van der Waals surface area contributed by atoms with E-state index in [1.54, 1.807) is 12.3 Å². The van der Waals surface area contributed by atoms with Gasteiger partial charge in [-0.1, -0.05) is 11.8 Å². The van der Waals surface area contributed by atoms with Gasteiger partial charge >= 0.3 is 0 Å². The van der Waals surface area contributed by atoms with Crippen LogP contribution in [0.15, 0.2) is 28.0 Å². The molecule has 7 heteroatoms. The van der Waals surface area contributed by atoms with Crippen molar-refractivity contribution < 1.29 is 9.21 Å². The molecule has 102 valence electrons. The maximum atomic E-state index is 11.6. The molecule has 0 aliphatic carbocycles. The van der Waals surface area contributed by atoms with Crippen LogP contribution in [0.1, 0.15) is 13.8 Å². The van der Waals surface area contributed by atoms with Crippen molar-refractivity contribution in [2.75, 3.05) is 5.75 Å². The molecule has 2 heterocycles. The third-order valence-electron chi connectivity index (χ3n) is 2.36. The summed E-state index contributed by atoms with van der Waals surface area (Å²) in [5.41, 5.74) is 0. The molecule has 2 rings (SSSR count). The van der Waals surface area contributed by atoms with Gasteiger partial charge in [-0.15, -0.1) is 10.2 Å². The van der Waals surface area contributed by atoms with Crippen molar-refractivity contribution in [1.82, 2.24) is 20.1 Å². The molecule has 0 aliphatic rings. The van der Waals surface area contributed by atoms with Gasteiger partial charge in [0.05, 0.1) is 12.0 Å². The lowest BCUT2D eigenvalue weighted by Crippen LogP contribution is -2.31. The van der Waals surface area contributed by atoms with Gasteiger partial charge in [0.2, 0.25) is 5.91 Å². The number of rotatable bonds is 5. The number of furan rings is 1. The Balaban J connectivity index is 2.01. The van der Waals surface area contributed by atoms with Crippen LogP contribution in [-0.4, -0.2) is 32.5 Å². The van der Waals surface area contributed by atoms with Crippen LogP contribution in [0, 0.1) is 0 Å². The van der Waals surface area contributed by atoms with E-state index in [0.29, 0.717) is 22.5 Å². The SMILES string of the molecule is CC(C)NC(=O)CSc1nnc(-c2ccco2)n1C. The van der Waals surface area contributed by atoms with Gasteiger partial charge in [0.1, 0.15) is 0 Å². The van der Waals surface area contributed by atoms with Crippen molar-refractivity contribution >= 4 is 17.7 Å². The van der Waals surface area contributed by atoms with E-state index in [2.05, 4.69) is 15.5 Å².